The molecule has 1 aromatic heterocycles. The van der Waals surface area contributed by atoms with Crippen LogP contribution in [0.15, 0.2) is 51.7 Å². The number of thiazole rings is 1. The summed E-state index contributed by atoms with van der Waals surface area (Å²) in [6.45, 7) is 1.71. The number of hydrogen-bond acceptors (Lipinski definition) is 8. The van der Waals surface area contributed by atoms with E-state index < -0.39 is 9.84 Å². The first-order valence-corrected chi connectivity index (χ1v) is 12.7. The lowest BCUT2D eigenvalue weighted by molar-refractivity contribution is -0.140. The van der Waals surface area contributed by atoms with Crippen molar-refractivity contribution in [3.05, 3.63) is 48.0 Å². The lowest BCUT2D eigenvalue weighted by Gasteiger charge is -2.06. The quantitative estimate of drug-likeness (QED) is 0.309. The summed E-state index contributed by atoms with van der Waals surface area (Å²) < 4.78 is 29.7. The number of benzene rings is 2. The minimum absolute atomic E-state index is 0.141. The normalized spacial score (nSPS) is 11.4. The molecule has 1 amide bonds. The van der Waals surface area contributed by atoms with Crippen molar-refractivity contribution >= 4 is 60.7 Å². The summed E-state index contributed by atoms with van der Waals surface area (Å²) in [6, 6.07) is 11.8. The van der Waals surface area contributed by atoms with Gasteiger partial charge in [-0.1, -0.05) is 23.9 Å². The SMILES string of the molecule is CC(=O)OCCSc1nc2ccc(NC(=O)Cc3ccc(S(C)(=O)=O)cc3)cc2s1. The minimum atomic E-state index is -3.26. The average molecular weight is 465 g/mol. The highest BCUT2D eigenvalue weighted by Crippen LogP contribution is 2.31. The molecule has 0 radical (unpaired) electrons. The first-order valence-electron chi connectivity index (χ1n) is 8.96. The van der Waals surface area contributed by atoms with Gasteiger partial charge in [-0.05, 0) is 35.9 Å². The van der Waals surface area contributed by atoms with Crippen LogP contribution in [0.2, 0.25) is 0 Å². The van der Waals surface area contributed by atoms with Gasteiger partial charge in [0.1, 0.15) is 6.61 Å². The van der Waals surface area contributed by atoms with Crippen molar-refractivity contribution in [1.82, 2.24) is 4.98 Å². The zero-order valence-corrected chi connectivity index (χ0v) is 18.8. The van der Waals surface area contributed by atoms with Gasteiger partial charge in [0.2, 0.25) is 5.91 Å². The van der Waals surface area contributed by atoms with Crippen LogP contribution in [0.4, 0.5) is 5.69 Å². The molecule has 7 nitrogen and oxygen atoms in total. The van der Waals surface area contributed by atoms with Gasteiger partial charge >= 0.3 is 5.97 Å². The lowest BCUT2D eigenvalue weighted by Crippen LogP contribution is -2.14. The number of rotatable bonds is 8. The number of carbonyl (C=O) groups excluding carboxylic acids is 2. The van der Waals surface area contributed by atoms with E-state index in [1.165, 1.54) is 42.2 Å². The van der Waals surface area contributed by atoms with E-state index in [9.17, 15) is 18.0 Å². The second-order valence-electron chi connectivity index (χ2n) is 6.49. The van der Waals surface area contributed by atoms with Gasteiger partial charge in [-0.25, -0.2) is 13.4 Å². The van der Waals surface area contributed by atoms with Crippen LogP contribution in [0.5, 0.6) is 0 Å². The number of sulfone groups is 1. The highest BCUT2D eigenvalue weighted by atomic mass is 32.2. The highest BCUT2D eigenvalue weighted by Gasteiger charge is 2.10. The molecule has 3 aromatic rings. The Morgan fingerprint density at radius 1 is 1.17 bits per heavy atom. The predicted molar refractivity (Wildman–Crippen MR) is 119 cm³/mol. The molecule has 0 saturated heterocycles. The Labute approximate surface area is 182 Å². The molecule has 0 aliphatic heterocycles. The third-order valence-electron chi connectivity index (χ3n) is 3.98. The maximum atomic E-state index is 12.3. The summed E-state index contributed by atoms with van der Waals surface area (Å²) in [7, 11) is -3.26. The number of nitrogens with one attached hydrogen (secondary N) is 1. The number of ether oxygens (including phenoxy) is 1. The monoisotopic (exact) mass is 464 g/mol. The molecular weight excluding hydrogens is 444 g/mol. The van der Waals surface area contributed by atoms with Gasteiger partial charge in [-0.3, -0.25) is 9.59 Å². The van der Waals surface area contributed by atoms with Gasteiger partial charge in [-0.2, -0.15) is 0 Å². The molecule has 10 heteroatoms. The Morgan fingerprint density at radius 3 is 2.57 bits per heavy atom. The van der Waals surface area contributed by atoms with E-state index in [0.29, 0.717) is 18.0 Å². The van der Waals surface area contributed by atoms with E-state index in [1.54, 1.807) is 18.2 Å². The van der Waals surface area contributed by atoms with E-state index >= 15 is 0 Å². The topological polar surface area (TPSA) is 102 Å². The molecule has 0 aliphatic carbocycles. The number of fused-ring (bicyclic) bond motifs is 1. The Hall–Kier alpha value is -2.43. The maximum Gasteiger partial charge on any atom is 0.302 e. The molecule has 1 N–H and O–H groups in total. The van der Waals surface area contributed by atoms with Gasteiger partial charge in [0.25, 0.3) is 0 Å². The molecule has 2 aromatic carbocycles. The summed E-state index contributed by atoms with van der Waals surface area (Å²) >= 11 is 3.02. The van der Waals surface area contributed by atoms with Gasteiger partial charge in [0.05, 0.1) is 21.5 Å². The van der Waals surface area contributed by atoms with Gasteiger partial charge in [0, 0.05) is 24.6 Å². The Morgan fingerprint density at radius 2 is 1.90 bits per heavy atom. The summed E-state index contributed by atoms with van der Waals surface area (Å²) in [5.74, 6) is 0.134. The van der Waals surface area contributed by atoms with Gasteiger partial charge < -0.3 is 10.1 Å². The van der Waals surface area contributed by atoms with Crippen molar-refractivity contribution in [3.63, 3.8) is 0 Å². The minimum Gasteiger partial charge on any atom is -0.465 e. The van der Waals surface area contributed by atoms with E-state index in [2.05, 4.69) is 10.3 Å². The molecule has 0 saturated carbocycles. The number of amides is 1. The molecule has 1 heterocycles. The van der Waals surface area contributed by atoms with Crippen LogP contribution in [-0.2, 0) is 30.6 Å². The van der Waals surface area contributed by atoms with Gasteiger partial charge in [-0.15, -0.1) is 11.3 Å². The van der Waals surface area contributed by atoms with Gasteiger partial charge in [0.15, 0.2) is 14.2 Å². The number of anilines is 1. The molecule has 0 bridgehead atoms. The van der Waals surface area contributed by atoms with Crippen LogP contribution < -0.4 is 5.32 Å². The largest absolute Gasteiger partial charge is 0.465 e. The maximum absolute atomic E-state index is 12.3. The second kappa shape index (κ2) is 9.59. The molecule has 0 aliphatic rings. The zero-order chi connectivity index (χ0) is 21.7. The Balaban J connectivity index is 1.59. The van der Waals surface area contributed by atoms with Crippen molar-refractivity contribution in [1.29, 1.82) is 0 Å². The molecule has 0 unspecified atom stereocenters. The number of esters is 1. The molecule has 30 heavy (non-hydrogen) atoms. The lowest BCUT2D eigenvalue weighted by atomic mass is 10.1. The van der Waals surface area contributed by atoms with Crippen molar-refractivity contribution < 1.29 is 22.7 Å². The fourth-order valence-corrected chi connectivity index (χ4v) is 5.23. The standard InChI is InChI=1S/C20H20N2O5S3/c1-13(23)27-9-10-28-20-22-17-8-5-15(12-18(17)29-20)21-19(24)11-14-3-6-16(7-4-14)30(2,25)26/h3-8,12H,9-11H2,1-2H3,(H,21,24). The average Bonchev–Trinajstić information content (AvgIpc) is 3.07. The fraction of sp³-hybridized carbons (Fsp3) is 0.250. The van der Waals surface area contributed by atoms with Crippen LogP contribution in [-0.4, -0.2) is 43.9 Å². The second-order valence-corrected chi connectivity index (χ2v) is 10.9. The van der Waals surface area contributed by atoms with E-state index in [1.807, 2.05) is 12.1 Å². The molecule has 0 spiro atoms. The van der Waals surface area contributed by atoms with Crippen LogP contribution >= 0.6 is 23.1 Å². The van der Waals surface area contributed by atoms with Crippen LogP contribution in [0.1, 0.15) is 12.5 Å². The molecule has 0 fully saturated rings. The number of aromatic nitrogens is 1. The Bertz CT molecular complexity index is 1170. The van der Waals surface area contributed by atoms with Crippen LogP contribution in [0.3, 0.4) is 0 Å². The van der Waals surface area contributed by atoms with Crippen molar-refractivity contribution in [3.8, 4) is 0 Å². The van der Waals surface area contributed by atoms with E-state index in [0.717, 1.165) is 26.4 Å². The molecule has 0 atom stereocenters. The molecule has 3 rings (SSSR count). The third-order valence-corrected chi connectivity index (χ3v) is 7.24. The highest BCUT2D eigenvalue weighted by molar-refractivity contribution is 8.01. The number of nitrogens with zero attached hydrogens (tertiary/aromatic N) is 1. The third kappa shape index (κ3) is 6.28. The summed E-state index contributed by atoms with van der Waals surface area (Å²) in [4.78, 5) is 27.9. The van der Waals surface area contributed by atoms with Crippen molar-refractivity contribution in [2.75, 3.05) is 23.9 Å². The van der Waals surface area contributed by atoms with Crippen LogP contribution in [0.25, 0.3) is 10.2 Å². The summed E-state index contributed by atoms with van der Waals surface area (Å²) in [5, 5.41) is 2.86. The summed E-state index contributed by atoms with van der Waals surface area (Å²) in [6.07, 6.45) is 1.29. The molecule has 158 valence electrons. The molecular formula is C20H20N2O5S3. The summed E-state index contributed by atoms with van der Waals surface area (Å²) in [5.41, 5.74) is 2.23. The van der Waals surface area contributed by atoms with Crippen molar-refractivity contribution in [2.24, 2.45) is 0 Å². The number of thioether (sulfide) groups is 1. The number of carbonyl (C=O) groups is 2. The smallest absolute Gasteiger partial charge is 0.302 e. The van der Waals surface area contributed by atoms with Crippen LogP contribution in [0, 0.1) is 0 Å². The van der Waals surface area contributed by atoms with E-state index in [4.69, 9.17) is 4.74 Å². The zero-order valence-electron chi connectivity index (χ0n) is 16.4. The van der Waals surface area contributed by atoms with E-state index in [-0.39, 0.29) is 23.2 Å². The van der Waals surface area contributed by atoms with Crippen molar-refractivity contribution in [2.45, 2.75) is 22.6 Å². The first kappa shape index (κ1) is 22.3. The number of hydrogen-bond donors (Lipinski definition) is 1. The predicted octanol–water partition coefficient (Wildman–Crippen LogP) is 3.54. The first-order chi connectivity index (χ1) is 14.2. The fourth-order valence-electron chi connectivity index (χ4n) is 2.60. The Kier molecular flexibility index (Phi) is 7.11.